The summed E-state index contributed by atoms with van der Waals surface area (Å²) < 4.78 is 38.9. The minimum Gasteiger partial charge on any atom is -0.355 e. The van der Waals surface area contributed by atoms with Crippen LogP contribution in [0.25, 0.3) is 0 Å². The Morgan fingerprint density at radius 2 is 1.69 bits per heavy atom. The quantitative estimate of drug-likeness (QED) is 0.598. The van der Waals surface area contributed by atoms with Crippen molar-refractivity contribution in [3.63, 3.8) is 0 Å². The third-order valence-corrected chi connectivity index (χ3v) is 6.29. The number of halogens is 4. The molecule has 0 saturated carbocycles. The number of carbonyl (C=O) groups excluding carboxylic acids is 2. The van der Waals surface area contributed by atoms with E-state index in [1.165, 1.54) is 10.9 Å². The Balaban J connectivity index is 1.37. The third kappa shape index (κ3) is 7.47. The van der Waals surface area contributed by atoms with Crippen LogP contribution in [0.1, 0.15) is 10.4 Å². The van der Waals surface area contributed by atoms with Crippen molar-refractivity contribution in [2.24, 2.45) is 0 Å². The number of rotatable bonds is 8. The fourth-order valence-electron chi connectivity index (χ4n) is 3.37. The minimum absolute atomic E-state index is 0.0315. The molecule has 1 aromatic carbocycles. The van der Waals surface area contributed by atoms with Gasteiger partial charge in [0.25, 0.3) is 0 Å². The fraction of sp³-hybridized carbons (Fsp3) is 0.429. The predicted octanol–water partition coefficient (Wildman–Crippen LogP) is 3.34. The lowest BCUT2D eigenvalue weighted by molar-refractivity contribution is -0.137. The van der Waals surface area contributed by atoms with Gasteiger partial charge in [-0.2, -0.15) is 13.2 Å². The summed E-state index contributed by atoms with van der Waals surface area (Å²) in [6.07, 6.45) is -3.78. The van der Waals surface area contributed by atoms with Crippen molar-refractivity contribution >= 4 is 40.4 Å². The Morgan fingerprint density at radius 1 is 1.03 bits per heavy atom. The van der Waals surface area contributed by atoms with Gasteiger partial charge in [-0.1, -0.05) is 17.7 Å². The summed E-state index contributed by atoms with van der Waals surface area (Å²) in [5, 5.41) is 7.00. The molecule has 0 radical (unpaired) electrons. The van der Waals surface area contributed by atoms with Gasteiger partial charge in [-0.15, -0.1) is 11.3 Å². The largest absolute Gasteiger partial charge is 0.417 e. The molecule has 1 saturated heterocycles. The summed E-state index contributed by atoms with van der Waals surface area (Å²) in [4.78, 5) is 29.5. The number of alkyl halides is 3. The number of piperazine rings is 1. The van der Waals surface area contributed by atoms with E-state index in [9.17, 15) is 22.8 Å². The highest BCUT2D eigenvalue weighted by Crippen LogP contribution is 2.36. The van der Waals surface area contributed by atoms with Crippen molar-refractivity contribution in [3.05, 3.63) is 51.2 Å². The van der Waals surface area contributed by atoms with Crippen molar-refractivity contribution in [2.75, 3.05) is 51.1 Å². The second-order valence-corrected chi connectivity index (χ2v) is 8.91. The molecule has 11 heteroatoms. The molecule has 0 bridgehead atoms. The van der Waals surface area contributed by atoms with Gasteiger partial charge in [0.15, 0.2) is 0 Å². The summed E-state index contributed by atoms with van der Waals surface area (Å²) in [5.41, 5.74) is -0.941. The average molecular weight is 489 g/mol. The highest BCUT2D eigenvalue weighted by molar-refractivity contribution is 7.09. The van der Waals surface area contributed by atoms with Gasteiger partial charge < -0.3 is 10.6 Å². The Morgan fingerprint density at radius 3 is 2.28 bits per heavy atom. The molecular formula is C21H24ClF3N4O2S. The molecule has 0 spiro atoms. The highest BCUT2D eigenvalue weighted by atomic mass is 35.5. The van der Waals surface area contributed by atoms with E-state index in [0.717, 1.165) is 18.6 Å². The van der Waals surface area contributed by atoms with Crippen molar-refractivity contribution in [2.45, 2.75) is 12.6 Å². The van der Waals surface area contributed by atoms with Crippen LogP contribution in [0.2, 0.25) is 5.02 Å². The molecule has 2 aromatic rings. The minimum atomic E-state index is -4.59. The van der Waals surface area contributed by atoms with Gasteiger partial charge in [0.1, 0.15) is 0 Å². The smallest absolute Gasteiger partial charge is 0.355 e. The maximum atomic E-state index is 13.0. The van der Waals surface area contributed by atoms with Crippen LogP contribution in [0.4, 0.5) is 18.9 Å². The summed E-state index contributed by atoms with van der Waals surface area (Å²) >= 11 is 7.26. The number of amides is 2. The molecule has 1 aliphatic heterocycles. The first-order valence-electron chi connectivity index (χ1n) is 10.1. The second-order valence-electron chi connectivity index (χ2n) is 7.47. The lowest BCUT2D eigenvalue weighted by Crippen LogP contribution is -2.51. The second kappa shape index (κ2) is 11.1. The molecule has 2 N–H and O–H groups in total. The van der Waals surface area contributed by atoms with Gasteiger partial charge in [-0.25, -0.2) is 0 Å². The lowest BCUT2D eigenvalue weighted by atomic mass is 10.2. The molecule has 0 aliphatic carbocycles. The number of carbonyl (C=O) groups is 2. The average Bonchev–Trinajstić information content (AvgIpc) is 3.23. The van der Waals surface area contributed by atoms with E-state index in [1.807, 2.05) is 27.3 Å². The van der Waals surface area contributed by atoms with Crippen LogP contribution in [-0.4, -0.2) is 67.4 Å². The maximum absolute atomic E-state index is 13.0. The van der Waals surface area contributed by atoms with Gasteiger partial charge in [0.2, 0.25) is 11.8 Å². The molecule has 1 aromatic heterocycles. The van der Waals surface area contributed by atoms with Crippen molar-refractivity contribution in [1.82, 2.24) is 15.1 Å². The van der Waals surface area contributed by atoms with Crippen LogP contribution in [0.3, 0.4) is 0 Å². The zero-order valence-electron chi connectivity index (χ0n) is 17.3. The van der Waals surface area contributed by atoms with E-state index < -0.39 is 22.7 Å². The van der Waals surface area contributed by atoms with Crippen LogP contribution in [0, 0.1) is 0 Å². The summed E-state index contributed by atoms with van der Waals surface area (Å²) in [7, 11) is 0. The number of hydrogen-bond acceptors (Lipinski definition) is 5. The summed E-state index contributed by atoms with van der Waals surface area (Å²) in [5.74, 6) is -0.434. The Labute approximate surface area is 193 Å². The first kappa shape index (κ1) is 24.5. The molecule has 1 aliphatic rings. The van der Waals surface area contributed by atoms with Gasteiger partial charge in [-0.05, 0) is 36.1 Å². The summed E-state index contributed by atoms with van der Waals surface area (Å²) in [6.45, 7) is 3.39. The fourth-order valence-corrected chi connectivity index (χ4v) is 4.30. The monoisotopic (exact) mass is 488 g/mol. The Kier molecular flexibility index (Phi) is 8.52. The normalized spacial score (nSPS) is 15.5. The van der Waals surface area contributed by atoms with E-state index >= 15 is 0 Å². The molecule has 0 atom stereocenters. The molecule has 0 unspecified atom stereocenters. The predicted molar refractivity (Wildman–Crippen MR) is 119 cm³/mol. The van der Waals surface area contributed by atoms with Crippen LogP contribution in [-0.2, 0) is 22.2 Å². The lowest BCUT2D eigenvalue weighted by Gasteiger charge is -2.33. The molecule has 174 valence electrons. The van der Waals surface area contributed by atoms with Gasteiger partial charge in [0.05, 0.1) is 23.7 Å². The molecule has 3 rings (SSSR count). The zero-order chi connectivity index (χ0) is 23.1. The van der Waals surface area contributed by atoms with E-state index in [1.54, 1.807) is 11.3 Å². The molecule has 1 fully saturated rings. The SMILES string of the molecule is O=C(CN1CCN(CC(=O)Nc2ccc(Cl)c(C(F)(F)F)c2)CC1)NCCc1cccs1. The van der Waals surface area contributed by atoms with E-state index in [4.69, 9.17) is 11.6 Å². The standard InChI is InChI=1S/C21H24ClF3N4O2S/c22-18-4-3-15(12-17(18)21(23,24)25)27-20(31)14-29-9-7-28(8-10-29)13-19(30)26-6-5-16-2-1-11-32-16/h1-4,11-12H,5-10,13-14H2,(H,26,30)(H,27,31). The van der Waals surface area contributed by atoms with Gasteiger partial charge in [0, 0.05) is 43.3 Å². The molecular weight excluding hydrogens is 465 g/mol. The maximum Gasteiger partial charge on any atom is 0.417 e. The molecule has 32 heavy (non-hydrogen) atoms. The third-order valence-electron chi connectivity index (χ3n) is 5.03. The first-order valence-corrected chi connectivity index (χ1v) is 11.4. The van der Waals surface area contributed by atoms with Gasteiger partial charge >= 0.3 is 6.18 Å². The van der Waals surface area contributed by atoms with Crippen LogP contribution < -0.4 is 10.6 Å². The van der Waals surface area contributed by atoms with Crippen molar-refractivity contribution in [1.29, 1.82) is 0 Å². The zero-order valence-corrected chi connectivity index (χ0v) is 18.8. The molecule has 6 nitrogen and oxygen atoms in total. The van der Waals surface area contributed by atoms with Crippen LogP contribution >= 0.6 is 22.9 Å². The number of hydrogen-bond donors (Lipinski definition) is 2. The van der Waals surface area contributed by atoms with Crippen LogP contribution in [0.15, 0.2) is 35.7 Å². The topological polar surface area (TPSA) is 64.7 Å². The molecule has 2 heterocycles. The number of nitrogens with one attached hydrogen (secondary N) is 2. The Bertz CT molecular complexity index is 916. The number of thiophene rings is 1. The van der Waals surface area contributed by atoms with E-state index in [-0.39, 0.29) is 18.1 Å². The number of nitrogens with zero attached hydrogens (tertiary/aromatic N) is 2. The van der Waals surface area contributed by atoms with E-state index in [0.29, 0.717) is 39.3 Å². The summed E-state index contributed by atoms with van der Waals surface area (Å²) in [6, 6.07) is 7.30. The Hall–Kier alpha value is -2.14. The number of anilines is 1. The van der Waals surface area contributed by atoms with Crippen LogP contribution in [0.5, 0.6) is 0 Å². The number of benzene rings is 1. The first-order chi connectivity index (χ1) is 15.2. The van der Waals surface area contributed by atoms with Crippen molar-refractivity contribution in [3.8, 4) is 0 Å². The highest BCUT2D eigenvalue weighted by Gasteiger charge is 2.33. The van der Waals surface area contributed by atoms with Gasteiger partial charge in [-0.3, -0.25) is 19.4 Å². The van der Waals surface area contributed by atoms with E-state index in [2.05, 4.69) is 10.6 Å². The molecule has 2 amide bonds. The van der Waals surface area contributed by atoms with Crippen molar-refractivity contribution < 1.29 is 22.8 Å².